The maximum atomic E-state index is 11.6. The highest BCUT2D eigenvalue weighted by Gasteiger charge is 2.16. The van der Waals surface area contributed by atoms with E-state index in [0.29, 0.717) is 17.0 Å². The molecule has 0 saturated carbocycles. The van der Waals surface area contributed by atoms with Crippen LogP contribution in [0.25, 0.3) is 0 Å². The Morgan fingerprint density at radius 2 is 2.00 bits per heavy atom. The Bertz CT molecular complexity index is 981. The number of aromatic nitrogens is 1. The smallest absolute Gasteiger partial charge is 0.347 e. The van der Waals surface area contributed by atoms with E-state index in [9.17, 15) is 14.4 Å². The lowest BCUT2D eigenvalue weighted by Crippen LogP contribution is -2.10. The Morgan fingerprint density at radius 3 is 2.54 bits per heavy atom. The van der Waals surface area contributed by atoms with Crippen molar-refractivity contribution in [2.75, 3.05) is 12.4 Å². The zero-order chi connectivity index (χ0) is 20.7. The van der Waals surface area contributed by atoms with Gasteiger partial charge in [0.2, 0.25) is 5.91 Å². The lowest BCUT2D eigenvalue weighted by molar-refractivity contribution is 0.0700. The Hall–Kier alpha value is -3.66. The number of hydrogen-bond acceptors (Lipinski definition) is 7. The molecule has 0 bridgehead atoms. The van der Waals surface area contributed by atoms with Gasteiger partial charge in [-0.1, -0.05) is 17.4 Å². The van der Waals surface area contributed by atoms with Crippen molar-refractivity contribution in [3.8, 4) is 5.75 Å². The molecule has 0 aliphatic heterocycles. The van der Waals surface area contributed by atoms with Gasteiger partial charge in [-0.15, -0.1) is 0 Å². The third-order valence-corrected chi connectivity index (χ3v) is 4.37. The highest BCUT2D eigenvalue weighted by atomic mass is 32.1. The SMILES string of the molecule is COc1cccc(C(N)=O)c1.Cc1nc(NC(=O)c2ccco2)sc1C(=O)O. The molecule has 0 fully saturated rings. The Balaban J connectivity index is 0.000000221. The van der Waals surface area contributed by atoms with E-state index < -0.39 is 17.8 Å². The van der Waals surface area contributed by atoms with E-state index in [1.165, 1.54) is 12.3 Å². The standard InChI is InChI=1S/C10H8N2O4S.C8H9NO2/c1-5-7(9(14)15)17-10(11-5)12-8(13)6-3-2-4-16-6;1-11-7-4-2-3-6(5-7)8(9)10/h2-4H,1H3,(H,14,15)(H,11,12,13);2-5H,1H3,(H2,9,10). The highest BCUT2D eigenvalue weighted by Crippen LogP contribution is 2.22. The van der Waals surface area contributed by atoms with Crippen LogP contribution < -0.4 is 15.8 Å². The van der Waals surface area contributed by atoms with Crippen LogP contribution in [0.15, 0.2) is 47.1 Å². The number of nitrogens with two attached hydrogens (primary N) is 1. The first-order valence-electron chi connectivity index (χ1n) is 7.81. The van der Waals surface area contributed by atoms with Crippen LogP contribution in [0.1, 0.15) is 36.3 Å². The van der Waals surface area contributed by atoms with Crippen molar-refractivity contribution < 1.29 is 28.6 Å². The predicted molar refractivity (Wildman–Crippen MR) is 102 cm³/mol. The third kappa shape index (κ3) is 5.42. The molecule has 3 rings (SSSR count). The number of benzene rings is 1. The molecule has 0 unspecified atom stereocenters. The molecule has 1 aromatic carbocycles. The number of furan rings is 1. The lowest BCUT2D eigenvalue weighted by atomic mass is 10.2. The van der Waals surface area contributed by atoms with E-state index in [1.54, 1.807) is 44.4 Å². The van der Waals surface area contributed by atoms with Gasteiger partial charge in [-0.2, -0.15) is 0 Å². The molecule has 0 spiro atoms. The van der Waals surface area contributed by atoms with Gasteiger partial charge >= 0.3 is 5.97 Å². The predicted octanol–water partition coefficient (Wildman–Crippen LogP) is 2.79. The number of thiazole rings is 1. The number of amides is 2. The molecule has 4 N–H and O–H groups in total. The number of aromatic carboxylic acids is 1. The van der Waals surface area contributed by atoms with Gasteiger partial charge in [0.25, 0.3) is 5.91 Å². The number of rotatable bonds is 5. The number of primary amides is 1. The molecule has 0 radical (unpaired) electrons. The van der Waals surface area contributed by atoms with Crippen molar-refractivity contribution in [3.05, 3.63) is 64.6 Å². The summed E-state index contributed by atoms with van der Waals surface area (Å²) in [5, 5.41) is 11.5. The van der Waals surface area contributed by atoms with Gasteiger partial charge in [0.15, 0.2) is 10.9 Å². The van der Waals surface area contributed by atoms with Gasteiger partial charge in [-0.25, -0.2) is 9.78 Å². The first kappa shape index (κ1) is 20.6. The lowest BCUT2D eigenvalue weighted by Gasteiger charge is -1.99. The van der Waals surface area contributed by atoms with Crippen molar-refractivity contribution in [1.82, 2.24) is 4.98 Å². The van der Waals surface area contributed by atoms with Gasteiger partial charge < -0.3 is 20.0 Å². The summed E-state index contributed by atoms with van der Waals surface area (Å²) in [6.45, 7) is 1.57. The van der Waals surface area contributed by atoms with E-state index in [1.807, 2.05) is 0 Å². The zero-order valence-electron chi connectivity index (χ0n) is 15.0. The Morgan fingerprint density at radius 1 is 1.25 bits per heavy atom. The van der Waals surface area contributed by atoms with Gasteiger partial charge in [0.1, 0.15) is 10.6 Å². The van der Waals surface area contributed by atoms with E-state index in [0.717, 1.165) is 11.3 Å². The van der Waals surface area contributed by atoms with Crippen LogP contribution in [0.2, 0.25) is 0 Å². The largest absolute Gasteiger partial charge is 0.497 e. The summed E-state index contributed by atoms with van der Waals surface area (Å²) in [4.78, 5) is 37.1. The molecule has 0 atom stereocenters. The van der Waals surface area contributed by atoms with Gasteiger partial charge in [-0.05, 0) is 37.3 Å². The van der Waals surface area contributed by atoms with Crippen molar-refractivity contribution in [2.24, 2.45) is 5.73 Å². The van der Waals surface area contributed by atoms with E-state index in [-0.39, 0.29) is 15.8 Å². The zero-order valence-corrected chi connectivity index (χ0v) is 15.8. The fourth-order valence-corrected chi connectivity index (χ4v) is 2.79. The summed E-state index contributed by atoms with van der Waals surface area (Å²) >= 11 is 0.909. The number of nitrogens with one attached hydrogen (secondary N) is 1. The summed E-state index contributed by atoms with van der Waals surface area (Å²) in [6, 6.07) is 9.82. The Kier molecular flexibility index (Phi) is 6.88. The monoisotopic (exact) mass is 403 g/mol. The van der Waals surface area contributed by atoms with Gasteiger partial charge in [0.05, 0.1) is 19.1 Å². The topological polar surface area (TPSA) is 145 Å². The summed E-state index contributed by atoms with van der Waals surface area (Å²) < 4.78 is 9.80. The summed E-state index contributed by atoms with van der Waals surface area (Å²) in [5.74, 6) is -1.17. The number of methoxy groups -OCH3 is 1. The normalized spacial score (nSPS) is 9.79. The molecule has 9 nitrogen and oxygen atoms in total. The molecule has 0 saturated heterocycles. The fourth-order valence-electron chi connectivity index (χ4n) is 1.99. The van der Waals surface area contributed by atoms with Crippen LogP contribution in [0.4, 0.5) is 5.13 Å². The minimum absolute atomic E-state index is 0.111. The van der Waals surface area contributed by atoms with Crippen molar-refractivity contribution in [2.45, 2.75) is 6.92 Å². The molecule has 0 aliphatic carbocycles. The first-order valence-corrected chi connectivity index (χ1v) is 8.63. The number of anilines is 1. The molecule has 2 amide bonds. The van der Waals surface area contributed by atoms with Crippen LogP contribution in [0, 0.1) is 6.92 Å². The molecule has 3 aromatic rings. The van der Waals surface area contributed by atoms with Crippen LogP contribution >= 0.6 is 11.3 Å². The maximum absolute atomic E-state index is 11.6. The van der Waals surface area contributed by atoms with Crippen molar-refractivity contribution in [1.29, 1.82) is 0 Å². The summed E-state index contributed by atoms with van der Waals surface area (Å²) in [6.07, 6.45) is 1.38. The van der Waals surface area contributed by atoms with Crippen molar-refractivity contribution >= 4 is 34.3 Å². The van der Waals surface area contributed by atoms with E-state index in [2.05, 4.69) is 10.3 Å². The molecular formula is C18H17N3O6S. The minimum atomic E-state index is -1.06. The second kappa shape index (κ2) is 9.33. The van der Waals surface area contributed by atoms with Crippen molar-refractivity contribution in [3.63, 3.8) is 0 Å². The third-order valence-electron chi connectivity index (χ3n) is 3.31. The molecule has 28 heavy (non-hydrogen) atoms. The van der Waals surface area contributed by atoms with E-state index >= 15 is 0 Å². The van der Waals surface area contributed by atoms with Crippen LogP contribution in [-0.2, 0) is 0 Å². The second-order valence-corrected chi connectivity index (χ2v) is 6.27. The minimum Gasteiger partial charge on any atom is -0.497 e. The number of carbonyl (C=O) groups is 3. The molecular weight excluding hydrogens is 386 g/mol. The van der Waals surface area contributed by atoms with Crippen LogP contribution in [0.3, 0.4) is 0 Å². The first-order chi connectivity index (χ1) is 13.3. The quantitative estimate of drug-likeness (QED) is 0.594. The molecule has 0 aliphatic rings. The number of carbonyl (C=O) groups excluding carboxylic acids is 2. The number of hydrogen-bond donors (Lipinski definition) is 3. The molecule has 10 heteroatoms. The average Bonchev–Trinajstić information content (AvgIpc) is 3.32. The summed E-state index contributed by atoms with van der Waals surface area (Å²) in [7, 11) is 1.54. The molecule has 146 valence electrons. The van der Waals surface area contributed by atoms with Gasteiger partial charge in [-0.3, -0.25) is 14.9 Å². The number of ether oxygens (including phenoxy) is 1. The molecule has 2 heterocycles. The van der Waals surface area contributed by atoms with E-state index in [4.69, 9.17) is 20.0 Å². The second-order valence-electron chi connectivity index (χ2n) is 5.27. The number of nitrogens with zero attached hydrogens (tertiary/aromatic N) is 1. The van der Waals surface area contributed by atoms with Gasteiger partial charge in [0, 0.05) is 5.56 Å². The van der Waals surface area contributed by atoms with Crippen LogP contribution in [-0.4, -0.2) is 35.0 Å². The number of aryl methyl sites for hydroxylation is 1. The summed E-state index contributed by atoms with van der Waals surface area (Å²) in [5.41, 5.74) is 5.88. The van der Waals surface area contributed by atoms with Crippen LogP contribution in [0.5, 0.6) is 5.75 Å². The number of carboxylic acids is 1. The highest BCUT2D eigenvalue weighted by molar-refractivity contribution is 7.17. The maximum Gasteiger partial charge on any atom is 0.347 e. The average molecular weight is 403 g/mol. The Labute approximate surface area is 163 Å². The fraction of sp³-hybridized carbons (Fsp3) is 0.111. The number of carboxylic acid groups (broad SMARTS) is 1. The molecule has 2 aromatic heterocycles.